The average Bonchev–Trinajstić information content (AvgIpc) is 2.38. The molecule has 0 aliphatic carbocycles. The molecule has 0 radical (unpaired) electrons. The molecule has 2 N–H and O–H groups in total. The molecule has 0 bridgehead atoms. The highest BCUT2D eigenvalue weighted by molar-refractivity contribution is 5.78. The number of hydrogen-bond acceptors (Lipinski definition) is 5. The molecule has 6 nitrogen and oxygen atoms in total. The van der Waals surface area contributed by atoms with Crippen molar-refractivity contribution in [2.24, 2.45) is 0 Å². The number of esters is 1. The van der Waals surface area contributed by atoms with Gasteiger partial charge in [0.2, 0.25) is 5.91 Å². The molecule has 1 saturated heterocycles. The van der Waals surface area contributed by atoms with E-state index in [4.69, 9.17) is 9.47 Å². The molecule has 1 heterocycles. The van der Waals surface area contributed by atoms with Gasteiger partial charge in [-0.2, -0.15) is 0 Å². The number of ether oxygens (including phenoxy) is 2. The van der Waals surface area contributed by atoms with Crippen LogP contribution in [0.1, 0.15) is 26.2 Å². The van der Waals surface area contributed by atoms with Crippen molar-refractivity contribution in [2.75, 3.05) is 32.8 Å². The van der Waals surface area contributed by atoms with Gasteiger partial charge in [-0.3, -0.25) is 9.59 Å². The van der Waals surface area contributed by atoms with Crippen LogP contribution in [-0.2, 0) is 19.1 Å². The largest absolute Gasteiger partial charge is 0.466 e. The fraction of sp³-hybridized carbons (Fsp3) is 0.833. The fourth-order valence-corrected chi connectivity index (χ4v) is 1.74. The van der Waals surface area contributed by atoms with Crippen LogP contribution in [0.4, 0.5) is 0 Å². The molecule has 0 aromatic heterocycles. The molecule has 104 valence electrons. The van der Waals surface area contributed by atoms with Crippen molar-refractivity contribution in [3.63, 3.8) is 0 Å². The van der Waals surface area contributed by atoms with Gasteiger partial charge in [0.05, 0.1) is 19.1 Å². The summed E-state index contributed by atoms with van der Waals surface area (Å²) in [6.07, 6.45) is 2.25. The van der Waals surface area contributed by atoms with Crippen molar-refractivity contribution >= 4 is 11.9 Å². The minimum Gasteiger partial charge on any atom is -0.466 e. The number of carbonyl (C=O) groups excluding carboxylic acids is 2. The third-order valence-electron chi connectivity index (χ3n) is 2.69. The highest BCUT2D eigenvalue weighted by Gasteiger charge is 2.14. The normalized spacial score (nSPS) is 16.3. The first kappa shape index (κ1) is 14.9. The molecule has 0 spiro atoms. The van der Waals surface area contributed by atoms with Gasteiger partial charge in [0.25, 0.3) is 0 Å². The molecule has 1 rings (SSSR count). The van der Waals surface area contributed by atoms with E-state index < -0.39 is 0 Å². The first-order valence-corrected chi connectivity index (χ1v) is 6.47. The molecule has 1 aliphatic rings. The van der Waals surface area contributed by atoms with Crippen LogP contribution in [0.2, 0.25) is 0 Å². The lowest BCUT2D eigenvalue weighted by Crippen LogP contribution is -2.36. The average molecular weight is 258 g/mol. The molecule has 1 amide bonds. The lowest BCUT2D eigenvalue weighted by molar-refractivity contribution is -0.143. The molecular weight excluding hydrogens is 236 g/mol. The molecule has 6 heteroatoms. The van der Waals surface area contributed by atoms with Crippen molar-refractivity contribution < 1.29 is 19.1 Å². The van der Waals surface area contributed by atoms with Gasteiger partial charge in [-0.05, 0) is 32.9 Å². The Morgan fingerprint density at radius 1 is 1.33 bits per heavy atom. The fourth-order valence-electron chi connectivity index (χ4n) is 1.74. The van der Waals surface area contributed by atoms with E-state index >= 15 is 0 Å². The highest BCUT2D eigenvalue weighted by atomic mass is 16.5. The van der Waals surface area contributed by atoms with Gasteiger partial charge in [-0.25, -0.2) is 0 Å². The van der Waals surface area contributed by atoms with Crippen LogP contribution in [0, 0.1) is 0 Å². The summed E-state index contributed by atoms with van der Waals surface area (Å²) in [4.78, 5) is 22.4. The van der Waals surface area contributed by atoms with Crippen molar-refractivity contribution in [2.45, 2.75) is 32.3 Å². The minimum atomic E-state index is -0.294. The molecule has 0 aromatic rings. The van der Waals surface area contributed by atoms with Gasteiger partial charge >= 0.3 is 5.97 Å². The number of hydrogen-bond donors (Lipinski definition) is 2. The van der Waals surface area contributed by atoms with E-state index in [0.717, 1.165) is 25.9 Å². The number of amides is 1. The predicted octanol–water partition coefficient (Wildman–Crippen LogP) is -0.176. The summed E-state index contributed by atoms with van der Waals surface area (Å²) >= 11 is 0. The Kier molecular flexibility index (Phi) is 7.36. The molecule has 0 saturated carbocycles. The minimum absolute atomic E-state index is 0.0630. The quantitative estimate of drug-likeness (QED) is 0.620. The van der Waals surface area contributed by atoms with Crippen LogP contribution in [0.15, 0.2) is 0 Å². The van der Waals surface area contributed by atoms with Crippen LogP contribution in [0.5, 0.6) is 0 Å². The van der Waals surface area contributed by atoms with Crippen molar-refractivity contribution in [1.29, 1.82) is 0 Å². The number of carbonyl (C=O) groups is 2. The van der Waals surface area contributed by atoms with Crippen LogP contribution in [0.3, 0.4) is 0 Å². The third-order valence-corrected chi connectivity index (χ3v) is 2.69. The Morgan fingerprint density at radius 3 is 2.72 bits per heavy atom. The molecule has 0 aromatic carbocycles. The molecule has 1 aliphatic heterocycles. The van der Waals surface area contributed by atoms with E-state index in [-0.39, 0.29) is 31.0 Å². The van der Waals surface area contributed by atoms with Crippen LogP contribution < -0.4 is 10.6 Å². The van der Waals surface area contributed by atoms with E-state index in [1.807, 2.05) is 0 Å². The molecular formula is C12H22N2O4. The number of rotatable bonds is 7. The highest BCUT2D eigenvalue weighted by Crippen LogP contribution is 2.06. The maximum Gasteiger partial charge on any atom is 0.307 e. The molecule has 1 fully saturated rings. The SMILES string of the molecule is CCOC(=O)CCNC(=O)COC1CCNCC1. The smallest absolute Gasteiger partial charge is 0.307 e. The Balaban J connectivity index is 2.01. The topological polar surface area (TPSA) is 76.7 Å². The van der Waals surface area contributed by atoms with E-state index in [2.05, 4.69) is 10.6 Å². The maximum absolute atomic E-state index is 11.4. The van der Waals surface area contributed by atoms with E-state index in [1.165, 1.54) is 0 Å². The van der Waals surface area contributed by atoms with E-state index in [0.29, 0.717) is 13.2 Å². The van der Waals surface area contributed by atoms with E-state index in [9.17, 15) is 9.59 Å². The Labute approximate surface area is 107 Å². The van der Waals surface area contributed by atoms with Crippen molar-refractivity contribution in [1.82, 2.24) is 10.6 Å². The van der Waals surface area contributed by atoms with Gasteiger partial charge in [0.15, 0.2) is 0 Å². The Bertz CT molecular complexity index is 265. The van der Waals surface area contributed by atoms with Crippen molar-refractivity contribution in [3.8, 4) is 0 Å². The van der Waals surface area contributed by atoms with Crippen molar-refractivity contribution in [3.05, 3.63) is 0 Å². The first-order valence-electron chi connectivity index (χ1n) is 6.47. The summed E-state index contributed by atoms with van der Waals surface area (Å²) < 4.78 is 10.2. The zero-order chi connectivity index (χ0) is 13.2. The van der Waals surface area contributed by atoms with Gasteiger partial charge in [0, 0.05) is 6.54 Å². The summed E-state index contributed by atoms with van der Waals surface area (Å²) in [7, 11) is 0. The summed E-state index contributed by atoms with van der Waals surface area (Å²) in [6, 6.07) is 0. The summed E-state index contributed by atoms with van der Waals surface area (Å²) in [5, 5.41) is 5.86. The van der Waals surface area contributed by atoms with Gasteiger partial charge in [0.1, 0.15) is 6.61 Å². The lowest BCUT2D eigenvalue weighted by Gasteiger charge is -2.22. The first-order chi connectivity index (χ1) is 8.72. The second kappa shape index (κ2) is 8.88. The second-order valence-electron chi connectivity index (χ2n) is 4.17. The van der Waals surface area contributed by atoms with E-state index in [1.54, 1.807) is 6.92 Å². The zero-order valence-corrected chi connectivity index (χ0v) is 10.9. The molecule has 0 atom stereocenters. The second-order valence-corrected chi connectivity index (χ2v) is 4.17. The Morgan fingerprint density at radius 2 is 2.06 bits per heavy atom. The van der Waals surface area contributed by atoms with Gasteiger partial charge < -0.3 is 20.1 Å². The molecule has 18 heavy (non-hydrogen) atoms. The van der Waals surface area contributed by atoms with Gasteiger partial charge in [-0.1, -0.05) is 0 Å². The monoisotopic (exact) mass is 258 g/mol. The summed E-state index contributed by atoms with van der Waals surface area (Å²) in [5.41, 5.74) is 0. The van der Waals surface area contributed by atoms with Gasteiger partial charge in [-0.15, -0.1) is 0 Å². The predicted molar refractivity (Wildman–Crippen MR) is 66.1 cm³/mol. The molecule has 0 unspecified atom stereocenters. The van der Waals surface area contributed by atoms with Crippen LogP contribution >= 0.6 is 0 Å². The number of nitrogens with one attached hydrogen (secondary N) is 2. The van der Waals surface area contributed by atoms with Crippen LogP contribution in [-0.4, -0.2) is 50.8 Å². The summed E-state index contributed by atoms with van der Waals surface area (Å²) in [5.74, 6) is -0.477. The Hall–Kier alpha value is -1.14. The lowest BCUT2D eigenvalue weighted by atomic mass is 10.1. The maximum atomic E-state index is 11.4. The zero-order valence-electron chi connectivity index (χ0n) is 10.9. The third kappa shape index (κ3) is 6.56. The van der Waals surface area contributed by atoms with Crippen LogP contribution in [0.25, 0.3) is 0 Å². The standard InChI is InChI=1S/C12H22N2O4/c1-2-17-12(16)5-8-14-11(15)9-18-10-3-6-13-7-4-10/h10,13H,2-9H2,1H3,(H,14,15). The summed E-state index contributed by atoms with van der Waals surface area (Å²) in [6.45, 7) is 4.36. The number of piperidine rings is 1.